The van der Waals surface area contributed by atoms with Gasteiger partial charge in [0.05, 0.1) is 11.3 Å². The lowest BCUT2D eigenvalue weighted by Gasteiger charge is -2.11. The number of fused-ring (bicyclic) bond motifs is 1. The summed E-state index contributed by atoms with van der Waals surface area (Å²) in [6.45, 7) is 5.74. The van der Waals surface area contributed by atoms with Crippen molar-refractivity contribution in [1.29, 1.82) is 0 Å². The molecule has 0 radical (unpaired) electrons. The van der Waals surface area contributed by atoms with Gasteiger partial charge in [-0.25, -0.2) is 4.98 Å². The van der Waals surface area contributed by atoms with Gasteiger partial charge in [-0.15, -0.1) is 0 Å². The van der Waals surface area contributed by atoms with Crippen molar-refractivity contribution in [1.82, 2.24) is 20.0 Å². The maximum Gasteiger partial charge on any atom is 0.255 e. The Hall–Kier alpha value is -1.95. The van der Waals surface area contributed by atoms with Crippen molar-refractivity contribution in [2.75, 3.05) is 0 Å². The van der Waals surface area contributed by atoms with Crippen LogP contribution in [0.4, 0.5) is 0 Å². The second-order valence-electron chi connectivity index (χ2n) is 4.67. The summed E-state index contributed by atoms with van der Waals surface area (Å²) in [6.07, 6.45) is 1.63. The van der Waals surface area contributed by atoms with Crippen LogP contribution in [0.25, 0.3) is 0 Å². The summed E-state index contributed by atoms with van der Waals surface area (Å²) in [6, 6.07) is 0. The quantitative estimate of drug-likeness (QED) is 0.851. The van der Waals surface area contributed by atoms with Gasteiger partial charge in [-0.2, -0.15) is 0 Å². The molecule has 94 valence electrons. The average Bonchev–Trinajstić information content (AvgIpc) is 2.86. The highest BCUT2D eigenvalue weighted by Gasteiger charge is 2.24. The molecule has 3 rings (SSSR count). The molecule has 2 aromatic rings. The third-order valence-electron chi connectivity index (χ3n) is 3.20. The van der Waals surface area contributed by atoms with Crippen molar-refractivity contribution < 1.29 is 4.52 Å². The predicted molar refractivity (Wildman–Crippen MR) is 63.8 cm³/mol. The largest absolute Gasteiger partial charge is 0.364 e. The molecule has 0 aromatic carbocycles. The molecule has 0 saturated carbocycles. The molecule has 1 aliphatic rings. The van der Waals surface area contributed by atoms with E-state index in [1.807, 2.05) is 6.92 Å². The van der Waals surface area contributed by atoms with Crippen LogP contribution in [-0.2, 0) is 19.6 Å². The van der Waals surface area contributed by atoms with Crippen LogP contribution in [0.15, 0.2) is 15.6 Å². The molecule has 0 spiro atoms. The number of hydrogen-bond acceptors (Lipinski definition) is 5. The summed E-state index contributed by atoms with van der Waals surface area (Å²) in [7, 11) is 0. The highest BCUT2D eigenvalue weighted by Crippen LogP contribution is 2.20. The van der Waals surface area contributed by atoms with Gasteiger partial charge in [0.25, 0.3) is 5.56 Å². The molecule has 0 aliphatic carbocycles. The molecular weight excluding hydrogens is 232 g/mol. The molecule has 0 saturated heterocycles. The van der Waals surface area contributed by atoms with E-state index in [1.165, 1.54) is 0 Å². The lowest BCUT2D eigenvalue weighted by molar-refractivity contribution is 0.263. The molecule has 0 atom stereocenters. The molecule has 18 heavy (non-hydrogen) atoms. The van der Waals surface area contributed by atoms with Crippen LogP contribution in [0, 0.1) is 13.8 Å². The maximum atomic E-state index is 11.8. The molecular formula is C12H14N4O2. The zero-order valence-electron chi connectivity index (χ0n) is 10.4. The minimum atomic E-state index is -0.0307. The minimum Gasteiger partial charge on any atom is -0.364 e. The smallest absolute Gasteiger partial charge is 0.255 e. The number of aryl methyl sites for hydroxylation is 2. The molecule has 2 aromatic heterocycles. The number of nitrogens with one attached hydrogen (secondary N) is 1. The Labute approximate surface area is 104 Å². The van der Waals surface area contributed by atoms with E-state index in [9.17, 15) is 4.79 Å². The van der Waals surface area contributed by atoms with E-state index in [0.717, 1.165) is 22.5 Å². The standard InChI is InChI=1S/C12H14N4O2/c1-7-6-18-15-10(7)4-16-3-9-11(5-16)13-8(2)14-12(9)17/h6H,3-5H2,1-2H3,(H,13,14,17). The topological polar surface area (TPSA) is 75.0 Å². The molecule has 0 amide bonds. The maximum absolute atomic E-state index is 11.8. The molecule has 0 fully saturated rings. The van der Waals surface area contributed by atoms with Crippen LogP contribution in [0.2, 0.25) is 0 Å². The Balaban J connectivity index is 1.83. The molecule has 0 bridgehead atoms. The summed E-state index contributed by atoms with van der Waals surface area (Å²) in [5, 5.41) is 3.96. The zero-order chi connectivity index (χ0) is 12.7. The third-order valence-corrected chi connectivity index (χ3v) is 3.20. The summed E-state index contributed by atoms with van der Waals surface area (Å²) >= 11 is 0. The second kappa shape index (κ2) is 4.06. The van der Waals surface area contributed by atoms with Crippen LogP contribution < -0.4 is 5.56 Å². The van der Waals surface area contributed by atoms with Gasteiger partial charge >= 0.3 is 0 Å². The Morgan fingerprint density at radius 3 is 3.00 bits per heavy atom. The van der Waals surface area contributed by atoms with E-state index >= 15 is 0 Å². The average molecular weight is 246 g/mol. The first-order valence-electron chi connectivity index (χ1n) is 5.84. The number of H-pyrrole nitrogens is 1. The Kier molecular flexibility index (Phi) is 2.52. The molecule has 1 N–H and O–H groups in total. The summed E-state index contributed by atoms with van der Waals surface area (Å²) in [5.74, 6) is 0.665. The van der Waals surface area contributed by atoms with Gasteiger partial charge in [-0.1, -0.05) is 5.16 Å². The van der Waals surface area contributed by atoms with Gasteiger partial charge < -0.3 is 9.51 Å². The molecule has 6 nitrogen and oxygen atoms in total. The van der Waals surface area contributed by atoms with E-state index < -0.39 is 0 Å². The van der Waals surface area contributed by atoms with Crippen LogP contribution in [0.5, 0.6) is 0 Å². The predicted octanol–water partition coefficient (Wildman–Crippen LogP) is 0.891. The van der Waals surface area contributed by atoms with E-state index in [1.54, 1.807) is 13.2 Å². The monoisotopic (exact) mass is 246 g/mol. The zero-order valence-corrected chi connectivity index (χ0v) is 10.4. The van der Waals surface area contributed by atoms with Crippen LogP contribution >= 0.6 is 0 Å². The normalized spacial score (nSPS) is 15.0. The van der Waals surface area contributed by atoms with E-state index in [-0.39, 0.29) is 5.56 Å². The fourth-order valence-electron chi connectivity index (χ4n) is 2.24. The van der Waals surface area contributed by atoms with E-state index in [0.29, 0.717) is 25.5 Å². The van der Waals surface area contributed by atoms with E-state index in [2.05, 4.69) is 20.0 Å². The van der Waals surface area contributed by atoms with Crippen molar-refractivity contribution in [3.8, 4) is 0 Å². The number of aromatic amines is 1. The number of nitrogens with zero attached hydrogens (tertiary/aromatic N) is 3. The van der Waals surface area contributed by atoms with Crippen molar-refractivity contribution in [2.45, 2.75) is 33.5 Å². The van der Waals surface area contributed by atoms with Crippen molar-refractivity contribution in [3.63, 3.8) is 0 Å². The van der Waals surface area contributed by atoms with Crippen molar-refractivity contribution in [3.05, 3.63) is 45.0 Å². The van der Waals surface area contributed by atoms with E-state index in [4.69, 9.17) is 4.52 Å². The first kappa shape index (κ1) is 11.2. The number of aromatic nitrogens is 3. The summed E-state index contributed by atoms with van der Waals surface area (Å²) in [5.41, 5.74) is 3.55. The number of rotatable bonds is 2. The van der Waals surface area contributed by atoms with Gasteiger partial charge in [0.2, 0.25) is 0 Å². The van der Waals surface area contributed by atoms with Gasteiger partial charge in [-0.3, -0.25) is 9.69 Å². The number of hydrogen-bond donors (Lipinski definition) is 1. The first-order chi connectivity index (χ1) is 8.63. The van der Waals surface area contributed by atoms with Gasteiger partial charge in [0.15, 0.2) is 0 Å². The fraction of sp³-hybridized carbons (Fsp3) is 0.417. The van der Waals surface area contributed by atoms with Crippen molar-refractivity contribution in [2.24, 2.45) is 0 Å². The lowest BCUT2D eigenvalue weighted by Crippen LogP contribution is -2.18. The molecule has 1 aliphatic heterocycles. The van der Waals surface area contributed by atoms with Crippen LogP contribution in [0.3, 0.4) is 0 Å². The minimum absolute atomic E-state index is 0.0307. The van der Waals surface area contributed by atoms with Crippen LogP contribution in [-0.4, -0.2) is 20.0 Å². The van der Waals surface area contributed by atoms with Crippen LogP contribution in [0.1, 0.15) is 28.3 Å². The highest BCUT2D eigenvalue weighted by atomic mass is 16.5. The summed E-state index contributed by atoms with van der Waals surface area (Å²) < 4.78 is 4.92. The third kappa shape index (κ3) is 1.84. The Morgan fingerprint density at radius 1 is 1.44 bits per heavy atom. The van der Waals surface area contributed by atoms with Gasteiger partial charge in [0, 0.05) is 25.2 Å². The Bertz CT molecular complexity index is 644. The Morgan fingerprint density at radius 2 is 2.28 bits per heavy atom. The SMILES string of the molecule is Cc1nc2c(c(=O)[nH]1)CN(Cc1nocc1C)C2. The molecule has 3 heterocycles. The summed E-state index contributed by atoms with van der Waals surface area (Å²) in [4.78, 5) is 21.0. The van der Waals surface area contributed by atoms with Gasteiger partial charge in [-0.05, 0) is 13.8 Å². The molecule has 6 heteroatoms. The second-order valence-corrected chi connectivity index (χ2v) is 4.67. The fourth-order valence-corrected chi connectivity index (χ4v) is 2.24. The lowest BCUT2D eigenvalue weighted by atomic mass is 10.2. The van der Waals surface area contributed by atoms with Crippen molar-refractivity contribution >= 4 is 0 Å². The first-order valence-corrected chi connectivity index (χ1v) is 5.84. The molecule has 0 unspecified atom stereocenters. The highest BCUT2D eigenvalue weighted by molar-refractivity contribution is 5.22. The van der Waals surface area contributed by atoms with Gasteiger partial charge in [0.1, 0.15) is 17.8 Å².